The number of carbonyl (C=O) groups is 1. The van der Waals surface area contributed by atoms with Crippen LogP contribution in [0.5, 0.6) is 0 Å². The number of carbonyl (C=O) groups excluding carboxylic acids is 1. The highest BCUT2D eigenvalue weighted by Crippen LogP contribution is 2.32. The van der Waals surface area contributed by atoms with Gasteiger partial charge in [0.05, 0.1) is 11.3 Å². The third kappa shape index (κ3) is 2.54. The molecule has 0 spiro atoms. The van der Waals surface area contributed by atoms with Crippen molar-refractivity contribution in [3.8, 4) is 0 Å². The minimum Gasteiger partial charge on any atom is -0.334 e. The maximum Gasteiger partial charge on any atom is 0.259 e. The number of likely N-dealkylation sites (tertiary alicyclic amines) is 2. The lowest BCUT2D eigenvalue weighted by atomic mass is 10.0. The first-order valence-corrected chi connectivity index (χ1v) is 8.66. The number of hydrogen-bond donors (Lipinski definition) is 0. The molecule has 0 radical (unpaired) electrons. The molecule has 2 fully saturated rings. The second kappa shape index (κ2) is 6.20. The van der Waals surface area contributed by atoms with E-state index in [2.05, 4.69) is 21.8 Å². The van der Waals surface area contributed by atoms with Crippen molar-refractivity contribution in [1.82, 2.24) is 19.6 Å². The zero-order valence-electron chi connectivity index (χ0n) is 13.7. The minimum atomic E-state index is 0.0565. The number of likely N-dealkylation sites (N-methyl/N-ethyl adjacent to an activating group) is 1. The van der Waals surface area contributed by atoms with Crippen LogP contribution < -0.4 is 0 Å². The van der Waals surface area contributed by atoms with E-state index in [0.29, 0.717) is 22.8 Å². The number of nitrogens with zero attached hydrogens (tertiary/aromatic N) is 4. The molecule has 0 aromatic carbocycles. The quantitative estimate of drug-likeness (QED) is 0.857. The SMILES string of the molecule is CCN1CCCC1C1CCCN1C(=O)c1c(C)nn(C)c1Cl. The number of hydrogen-bond acceptors (Lipinski definition) is 3. The van der Waals surface area contributed by atoms with Crippen molar-refractivity contribution < 1.29 is 4.79 Å². The Morgan fingerprint density at radius 2 is 1.95 bits per heavy atom. The van der Waals surface area contributed by atoms with Crippen LogP contribution >= 0.6 is 11.6 Å². The molecule has 22 heavy (non-hydrogen) atoms. The number of aryl methyl sites for hydroxylation is 2. The van der Waals surface area contributed by atoms with Crippen molar-refractivity contribution in [2.45, 2.75) is 51.6 Å². The van der Waals surface area contributed by atoms with E-state index in [1.807, 2.05) is 6.92 Å². The molecule has 122 valence electrons. The van der Waals surface area contributed by atoms with Gasteiger partial charge in [-0.05, 0) is 45.7 Å². The normalized spacial score (nSPS) is 26.1. The maximum atomic E-state index is 13.0. The van der Waals surface area contributed by atoms with E-state index in [-0.39, 0.29) is 5.91 Å². The Morgan fingerprint density at radius 3 is 2.59 bits per heavy atom. The van der Waals surface area contributed by atoms with Crippen molar-refractivity contribution in [3.63, 3.8) is 0 Å². The van der Waals surface area contributed by atoms with Crippen LogP contribution in [0.15, 0.2) is 0 Å². The van der Waals surface area contributed by atoms with Crippen molar-refractivity contribution in [2.75, 3.05) is 19.6 Å². The fourth-order valence-corrected chi connectivity index (χ4v) is 4.40. The van der Waals surface area contributed by atoms with Gasteiger partial charge in [0, 0.05) is 25.7 Å². The van der Waals surface area contributed by atoms with Gasteiger partial charge in [0.25, 0.3) is 5.91 Å². The molecule has 2 aliphatic rings. The Kier molecular flexibility index (Phi) is 4.46. The van der Waals surface area contributed by atoms with E-state index in [4.69, 9.17) is 11.6 Å². The summed E-state index contributed by atoms with van der Waals surface area (Å²) >= 11 is 6.29. The van der Waals surface area contributed by atoms with Crippen molar-refractivity contribution in [1.29, 1.82) is 0 Å². The van der Waals surface area contributed by atoms with E-state index in [0.717, 1.165) is 38.2 Å². The van der Waals surface area contributed by atoms with E-state index in [1.165, 1.54) is 12.8 Å². The molecule has 0 bridgehead atoms. The first kappa shape index (κ1) is 15.8. The number of amides is 1. The summed E-state index contributed by atoms with van der Waals surface area (Å²) in [5.74, 6) is 0.0565. The van der Waals surface area contributed by atoms with Gasteiger partial charge in [-0.3, -0.25) is 14.4 Å². The molecule has 1 amide bonds. The Balaban J connectivity index is 1.85. The van der Waals surface area contributed by atoms with Gasteiger partial charge in [0.15, 0.2) is 0 Å². The summed E-state index contributed by atoms with van der Waals surface area (Å²) in [7, 11) is 1.78. The smallest absolute Gasteiger partial charge is 0.259 e. The Bertz CT molecular complexity index is 571. The molecule has 0 N–H and O–H groups in total. The molecule has 5 nitrogen and oxygen atoms in total. The molecule has 3 rings (SSSR count). The maximum absolute atomic E-state index is 13.0. The summed E-state index contributed by atoms with van der Waals surface area (Å²) in [6.45, 7) is 7.13. The number of aromatic nitrogens is 2. The standard InChI is InChI=1S/C16H25ClN4O/c1-4-20-9-5-7-12(20)13-8-6-10-21(13)16(22)14-11(2)18-19(3)15(14)17/h12-13H,4-10H2,1-3H3. The predicted molar refractivity (Wildman–Crippen MR) is 87.3 cm³/mol. The molecule has 6 heteroatoms. The van der Waals surface area contributed by atoms with Crippen LogP contribution in [0.2, 0.25) is 5.15 Å². The van der Waals surface area contributed by atoms with Crippen molar-refractivity contribution in [3.05, 3.63) is 16.4 Å². The van der Waals surface area contributed by atoms with Gasteiger partial charge in [-0.2, -0.15) is 5.10 Å². The zero-order chi connectivity index (χ0) is 15.9. The topological polar surface area (TPSA) is 41.4 Å². The monoisotopic (exact) mass is 324 g/mol. The highest BCUT2D eigenvalue weighted by molar-refractivity contribution is 6.33. The number of halogens is 1. The van der Waals surface area contributed by atoms with E-state index in [1.54, 1.807) is 11.7 Å². The zero-order valence-corrected chi connectivity index (χ0v) is 14.4. The second-order valence-electron chi connectivity index (χ2n) is 6.42. The third-order valence-electron chi connectivity index (χ3n) is 5.19. The van der Waals surface area contributed by atoms with Gasteiger partial charge in [0.1, 0.15) is 5.15 Å². The van der Waals surface area contributed by atoms with Gasteiger partial charge < -0.3 is 4.90 Å². The van der Waals surface area contributed by atoms with Gasteiger partial charge in [-0.25, -0.2) is 0 Å². The van der Waals surface area contributed by atoms with E-state index >= 15 is 0 Å². The molecule has 3 heterocycles. The summed E-state index contributed by atoms with van der Waals surface area (Å²) in [5.41, 5.74) is 1.30. The summed E-state index contributed by atoms with van der Waals surface area (Å²) in [4.78, 5) is 17.6. The Morgan fingerprint density at radius 1 is 1.27 bits per heavy atom. The summed E-state index contributed by atoms with van der Waals surface area (Å²) in [5, 5.41) is 4.73. The summed E-state index contributed by atoms with van der Waals surface area (Å²) in [6.07, 6.45) is 4.62. The Hall–Kier alpha value is -1.07. The number of rotatable bonds is 3. The molecule has 2 saturated heterocycles. The molecule has 0 aliphatic carbocycles. The summed E-state index contributed by atoms with van der Waals surface area (Å²) in [6, 6.07) is 0.831. The lowest BCUT2D eigenvalue weighted by Gasteiger charge is -2.34. The van der Waals surface area contributed by atoms with E-state index < -0.39 is 0 Å². The fraction of sp³-hybridized carbons (Fsp3) is 0.750. The van der Waals surface area contributed by atoms with Crippen LogP contribution in [0.3, 0.4) is 0 Å². The second-order valence-corrected chi connectivity index (χ2v) is 6.78. The molecular formula is C16H25ClN4O. The molecule has 2 unspecified atom stereocenters. The highest BCUT2D eigenvalue weighted by atomic mass is 35.5. The average Bonchev–Trinajstić information content (AvgIpc) is 3.18. The molecule has 1 aromatic rings. The third-order valence-corrected chi connectivity index (χ3v) is 5.62. The van der Waals surface area contributed by atoms with Gasteiger partial charge in [0.2, 0.25) is 0 Å². The molecular weight excluding hydrogens is 300 g/mol. The molecule has 2 atom stereocenters. The van der Waals surface area contributed by atoms with Crippen molar-refractivity contribution in [2.24, 2.45) is 7.05 Å². The van der Waals surface area contributed by atoms with Crippen LogP contribution in [0.1, 0.15) is 48.7 Å². The van der Waals surface area contributed by atoms with Crippen LogP contribution in [0.25, 0.3) is 0 Å². The first-order valence-electron chi connectivity index (χ1n) is 8.28. The highest BCUT2D eigenvalue weighted by Gasteiger charge is 2.40. The predicted octanol–water partition coefficient (Wildman–Crippen LogP) is 2.47. The van der Waals surface area contributed by atoms with Gasteiger partial charge in [-0.1, -0.05) is 18.5 Å². The van der Waals surface area contributed by atoms with Gasteiger partial charge in [-0.15, -0.1) is 0 Å². The molecule has 2 aliphatic heterocycles. The van der Waals surface area contributed by atoms with E-state index in [9.17, 15) is 4.79 Å². The first-order chi connectivity index (χ1) is 10.5. The van der Waals surface area contributed by atoms with Crippen LogP contribution in [0, 0.1) is 6.92 Å². The lowest BCUT2D eigenvalue weighted by Crippen LogP contribution is -2.48. The van der Waals surface area contributed by atoms with Crippen LogP contribution in [-0.4, -0.2) is 57.2 Å². The average molecular weight is 325 g/mol. The minimum absolute atomic E-state index is 0.0565. The Labute approximate surface area is 137 Å². The molecule has 0 saturated carbocycles. The summed E-state index contributed by atoms with van der Waals surface area (Å²) < 4.78 is 1.59. The van der Waals surface area contributed by atoms with Crippen molar-refractivity contribution >= 4 is 17.5 Å². The molecule has 1 aromatic heterocycles. The van der Waals surface area contributed by atoms with Gasteiger partial charge >= 0.3 is 0 Å². The fourth-order valence-electron chi connectivity index (χ4n) is 4.14. The lowest BCUT2D eigenvalue weighted by molar-refractivity contribution is 0.0649. The van der Waals surface area contributed by atoms with Crippen LogP contribution in [0.4, 0.5) is 0 Å². The van der Waals surface area contributed by atoms with Crippen LogP contribution in [-0.2, 0) is 7.05 Å². The largest absolute Gasteiger partial charge is 0.334 e.